The van der Waals surface area contributed by atoms with Crippen molar-refractivity contribution in [1.29, 1.82) is 0 Å². The third-order valence-corrected chi connectivity index (χ3v) is 5.27. The van der Waals surface area contributed by atoms with Crippen LogP contribution in [0.25, 0.3) is 21.8 Å². The zero-order valence-electron chi connectivity index (χ0n) is 13.8. The number of methoxy groups -OCH3 is 1. The molecular weight excluding hydrogens is 343 g/mol. The van der Waals surface area contributed by atoms with Crippen LogP contribution >= 0.6 is 11.6 Å². The summed E-state index contributed by atoms with van der Waals surface area (Å²) in [7, 11) is 1.72. The molecule has 5 heteroatoms. The monoisotopic (exact) mass is 364 g/mol. The van der Waals surface area contributed by atoms with Crippen LogP contribution in [0.3, 0.4) is 0 Å². The predicted molar refractivity (Wildman–Crippen MR) is 95.8 cm³/mol. The zero-order chi connectivity index (χ0) is 15.8. The number of hydrogen-bond acceptors (Lipinski definition) is 1. The first-order chi connectivity index (χ1) is 11.3. The van der Waals surface area contributed by atoms with E-state index in [1.54, 1.807) is 12.0 Å². The molecule has 2 heterocycles. The highest BCUT2D eigenvalue weighted by atomic mass is 35.5. The van der Waals surface area contributed by atoms with Gasteiger partial charge in [-0.1, -0.05) is 17.7 Å². The summed E-state index contributed by atoms with van der Waals surface area (Å²) in [6.07, 6.45) is 2.73. The second-order valence-electron chi connectivity index (χ2n) is 6.40. The summed E-state index contributed by atoms with van der Waals surface area (Å²) in [5.41, 5.74) is 2.46. The number of hydrogen-bond donors (Lipinski definition) is 1. The van der Waals surface area contributed by atoms with Crippen LogP contribution in [-0.4, -0.2) is 31.3 Å². The summed E-state index contributed by atoms with van der Waals surface area (Å²) < 4.78 is 7.84. The fourth-order valence-corrected chi connectivity index (χ4v) is 3.98. The molecule has 0 aliphatic carbocycles. The molecule has 0 saturated carbocycles. The predicted octanol–water partition coefficient (Wildman–Crippen LogP) is 0.139. The van der Waals surface area contributed by atoms with Gasteiger partial charge < -0.3 is 26.6 Å². The number of ether oxygens (including phenoxy) is 1. The lowest BCUT2D eigenvalue weighted by atomic mass is 10.1. The normalized spacial score (nSPS) is 15.1. The second kappa shape index (κ2) is 7.22. The average molecular weight is 365 g/mol. The van der Waals surface area contributed by atoms with Gasteiger partial charge in [-0.05, 0) is 24.3 Å². The number of likely N-dealkylation sites (tertiary alicyclic amines) is 1. The molecule has 0 unspecified atom stereocenters. The maximum Gasteiger partial charge on any atom is 0.120 e. The van der Waals surface area contributed by atoms with Crippen molar-refractivity contribution in [1.82, 2.24) is 4.57 Å². The minimum atomic E-state index is 0. The summed E-state index contributed by atoms with van der Waals surface area (Å²) in [6, 6.07) is 12.5. The van der Waals surface area contributed by atoms with E-state index in [1.165, 1.54) is 54.3 Å². The molecule has 2 aromatic carbocycles. The number of halogens is 2. The minimum Gasteiger partial charge on any atom is -1.00 e. The van der Waals surface area contributed by atoms with Gasteiger partial charge in [0, 0.05) is 34.7 Å². The molecular formula is C19H22Cl2N2O. The van der Waals surface area contributed by atoms with Gasteiger partial charge >= 0.3 is 0 Å². The molecule has 1 aromatic heterocycles. The van der Waals surface area contributed by atoms with Gasteiger partial charge in [0.2, 0.25) is 0 Å². The Bertz CT molecular complexity index is 853. The molecule has 1 N–H and O–H groups in total. The van der Waals surface area contributed by atoms with Crippen LogP contribution in [0, 0.1) is 0 Å². The Kier molecular flexibility index (Phi) is 5.24. The molecule has 3 aromatic rings. The average Bonchev–Trinajstić information content (AvgIpc) is 3.18. The number of nitrogens with one attached hydrogen (secondary N) is 1. The van der Waals surface area contributed by atoms with E-state index in [0.29, 0.717) is 0 Å². The first-order valence-corrected chi connectivity index (χ1v) is 8.73. The first-order valence-electron chi connectivity index (χ1n) is 8.35. The van der Waals surface area contributed by atoms with Crippen molar-refractivity contribution in [2.24, 2.45) is 0 Å². The molecule has 1 aliphatic rings. The standard InChI is InChI=1S/C19H21ClN2O.ClH/c1-23-15-5-7-17-16-6-4-14(20)12-18(16)22(19(17)13-15)11-10-21-8-2-3-9-21;/h4-7,12-13H,2-3,8-11H2,1H3;1H. The van der Waals surface area contributed by atoms with Crippen LogP contribution in [0.4, 0.5) is 0 Å². The lowest BCUT2D eigenvalue weighted by Gasteiger charge is -2.14. The highest BCUT2D eigenvalue weighted by Gasteiger charge is 2.17. The Morgan fingerprint density at radius 1 is 1.04 bits per heavy atom. The molecule has 0 radical (unpaired) electrons. The lowest BCUT2D eigenvalue weighted by molar-refractivity contribution is -0.887. The van der Waals surface area contributed by atoms with Gasteiger partial charge in [-0.3, -0.25) is 0 Å². The molecule has 128 valence electrons. The van der Waals surface area contributed by atoms with Crippen molar-refractivity contribution in [3.05, 3.63) is 41.4 Å². The van der Waals surface area contributed by atoms with E-state index in [-0.39, 0.29) is 12.4 Å². The topological polar surface area (TPSA) is 18.6 Å². The summed E-state index contributed by atoms with van der Waals surface area (Å²) in [4.78, 5) is 1.71. The van der Waals surface area contributed by atoms with Gasteiger partial charge in [0.05, 0.1) is 44.3 Å². The van der Waals surface area contributed by atoms with E-state index in [9.17, 15) is 0 Å². The van der Waals surface area contributed by atoms with Crippen LogP contribution in [-0.2, 0) is 6.54 Å². The Hall–Kier alpha value is -1.42. The smallest absolute Gasteiger partial charge is 0.120 e. The summed E-state index contributed by atoms with van der Waals surface area (Å²) in [6.45, 7) is 4.80. The van der Waals surface area contributed by atoms with Crippen LogP contribution < -0.4 is 22.0 Å². The molecule has 3 nitrogen and oxygen atoms in total. The second-order valence-corrected chi connectivity index (χ2v) is 6.84. The summed E-state index contributed by atoms with van der Waals surface area (Å²) >= 11 is 6.26. The van der Waals surface area contributed by atoms with Crippen LogP contribution in [0.15, 0.2) is 36.4 Å². The third kappa shape index (κ3) is 3.08. The maximum absolute atomic E-state index is 6.26. The van der Waals surface area contributed by atoms with Crippen LogP contribution in [0.5, 0.6) is 5.75 Å². The van der Waals surface area contributed by atoms with Crippen molar-refractivity contribution in [3.63, 3.8) is 0 Å². The Balaban J connectivity index is 0.00000169. The summed E-state index contributed by atoms with van der Waals surface area (Å²) in [5.74, 6) is 0.904. The molecule has 24 heavy (non-hydrogen) atoms. The molecule has 0 bridgehead atoms. The van der Waals surface area contributed by atoms with Crippen molar-refractivity contribution in [2.75, 3.05) is 26.7 Å². The number of benzene rings is 2. The van der Waals surface area contributed by atoms with E-state index in [0.717, 1.165) is 17.3 Å². The number of nitrogens with zero attached hydrogens (tertiary/aromatic N) is 1. The van der Waals surface area contributed by atoms with E-state index in [1.807, 2.05) is 12.1 Å². The van der Waals surface area contributed by atoms with Gasteiger partial charge in [-0.2, -0.15) is 0 Å². The molecule has 0 spiro atoms. The molecule has 0 atom stereocenters. The zero-order valence-corrected chi connectivity index (χ0v) is 15.3. The van der Waals surface area contributed by atoms with Gasteiger partial charge in [0.15, 0.2) is 0 Å². The third-order valence-electron chi connectivity index (χ3n) is 5.04. The Morgan fingerprint density at radius 3 is 2.42 bits per heavy atom. The molecule has 1 aliphatic heterocycles. The highest BCUT2D eigenvalue weighted by molar-refractivity contribution is 6.31. The van der Waals surface area contributed by atoms with E-state index >= 15 is 0 Å². The lowest BCUT2D eigenvalue weighted by Crippen LogP contribution is -3.10. The van der Waals surface area contributed by atoms with E-state index < -0.39 is 0 Å². The Morgan fingerprint density at radius 2 is 1.71 bits per heavy atom. The van der Waals surface area contributed by atoms with Crippen LogP contribution in [0.1, 0.15) is 12.8 Å². The van der Waals surface area contributed by atoms with Gasteiger partial charge in [0.25, 0.3) is 0 Å². The summed E-state index contributed by atoms with van der Waals surface area (Å²) in [5, 5.41) is 3.33. The van der Waals surface area contributed by atoms with Crippen molar-refractivity contribution in [2.45, 2.75) is 19.4 Å². The van der Waals surface area contributed by atoms with Crippen molar-refractivity contribution in [3.8, 4) is 5.75 Å². The molecule has 1 saturated heterocycles. The number of quaternary nitrogens is 1. The van der Waals surface area contributed by atoms with Crippen molar-refractivity contribution < 1.29 is 22.0 Å². The highest BCUT2D eigenvalue weighted by Crippen LogP contribution is 2.32. The quantitative estimate of drug-likeness (QED) is 0.697. The SMILES string of the molecule is COc1ccc2c3ccc(Cl)cc3n(CC[NH+]3CCCC3)c2c1.[Cl-]. The number of fused-ring (bicyclic) bond motifs is 3. The van der Waals surface area contributed by atoms with Gasteiger partial charge in [0.1, 0.15) is 5.75 Å². The molecule has 0 amide bonds. The minimum absolute atomic E-state index is 0. The van der Waals surface area contributed by atoms with Gasteiger partial charge in [-0.25, -0.2) is 0 Å². The molecule has 4 rings (SSSR count). The van der Waals surface area contributed by atoms with Crippen molar-refractivity contribution >= 4 is 33.4 Å². The van der Waals surface area contributed by atoms with E-state index in [4.69, 9.17) is 16.3 Å². The first kappa shape index (κ1) is 17.4. The fraction of sp³-hybridized carbons (Fsp3) is 0.368. The largest absolute Gasteiger partial charge is 1.00 e. The molecule has 1 fully saturated rings. The van der Waals surface area contributed by atoms with Gasteiger partial charge in [-0.15, -0.1) is 0 Å². The number of rotatable bonds is 4. The Labute approximate surface area is 153 Å². The van der Waals surface area contributed by atoms with E-state index in [2.05, 4.69) is 28.8 Å². The van der Waals surface area contributed by atoms with Crippen LogP contribution in [0.2, 0.25) is 5.02 Å². The number of aromatic nitrogens is 1. The maximum atomic E-state index is 6.26. The fourth-order valence-electron chi connectivity index (χ4n) is 3.81.